The van der Waals surface area contributed by atoms with Crippen LogP contribution in [0.15, 0.2) is 6.33 Å². The Bertz CT molecular complexity index is 554. The predicted octanol–water partition coefficient (Wildman–Crippen LogP) is 0.983. The van der Waals surface area contributed by atoms with E-state index in [2.05, 4.69) is 14.8 Å². The van der Waals surface area contributed by atoms with E-state index in [4.69, 9.17) is 0 Å². The maximum absolute atomic E-state index is 12.5. The lowest BCUT2D eigenvalue weighted by Gasteiger charge is -2.25. The molecule has 2 heterocycles. The van der Waals surface area contributed by atoms with E-state index < -0.39 is 27.5 Å². The largest absolute Gasteiger partial charge is 0.406 e. The van der Waals surface area contributed by atoms with Gasteiger partial charge in [-0.05, 0) is 19.8 Å². The molecular formula is C9H13F3N4O2S. The zero-order valence-corrected chi connectivity index (χ0v) is 10.9. The monoisotopic (exact) mass is 298 g/mol. The lowest BCUT2D eigenvalue weighted by atomic mass is 10.1. The van der Waals surface area contributed by atoms with Gasteiger partial charge in [-0.15, -0.1) is 0 Å². The highest BCUT2D eigenvalue weighted by Crippen LogP contribution is 2.28. The van der Waals surface area contributed by atoms with E-state index in [-0.39, 0.29) is 0 Å². The highest BCUT2D eigenvalue weighted by atomic mass is 32.2. The molecule has 1 aliphatic heterocycles. The lowest BCUT2D eigenvalue weighted by molar-refractivity contribution is -0.127. The average Bonchev–Trinajstić information content (AvgIpc) is 2.75. The normalized spacial score (nSPS) is 22.0. The summed E-state index contributed by atoms with van der Waals surface area (Å²) >= 11 is 0. The first kappa shape index (κ1) is 14.3. The minimum absolute atomic E-state index is 0.351. The number of alkyl halides is 3. The van der Waals surface area contributed by atoms with Crippen molar-refractivity contribution < 1.29 is 21.6 Å². The fourth-order valence-electron chi connectivity index (χ4n) is 1.88. The summed E-state index contributed by atoms with van der Waals surface area (Å²) in [6, 6.07) is -0.758. The molecule has 0 saturated carbocycles. The Hall–Kier alpha value is -1.16. The number of aromatic nitrogens is 3. The molecule has 0 spiro atoms. The molecule has 1 aromatic heterocycles. The van der Waals surface area contributed by atoms with Gasteiger partial charge in [-0.2, -0.15) is 18.3 Å². The molecule has 1 aromatic rings. The number of nitrogens with zero attached hydrogens (tertiary/aromatic N) is 3. The van der Waals surface area contributed by atoms with Gasteiger partial charge in [-0.1, -0.05) is 0 Å². The van der Waals surface area contributed by atoms with Crippen molar-refractivity contribution >= 4 is 10.0 Å². The maximum atomic E-state index is 12.5. The molecule has 1 aliphatic rings. The second kappa shape index (κ2) is 4.75. The Kier molecular flexibility index (Phi) is 3.56. The quantitative estimate of drug-likeness (QED) is 0.902. The van der Waals surface area contributed by atoms with Crippen molar-refractivity contribution in [2.24, 2.45) is 0 Å². The van der Waals surface area contributed by atoms with Gasteiger partial charge >= 0.3 is 6.18 Å². The molecule has 108 valence electrons. The third-order valence-corrected chi connectivity index (χ3v) is 4.86. The summed E-state index contributed by atoms with van der Waals surface area (Å²) in [5.74, 6) is 0.351. The molecule has 0 amide bonds. The summed E-state index contributed by atoms with van der Waals surface area (Å²) in [6.45, 7) is 1.21. The first-order chi connectivity index (χ1) is 8.72. The van der Waals surface area contributed by atoms with Gasteiger partial charge in [0.05, 0.1) is 6.04 Å². The van der Waals surface area contributed by atoms with Crippen molar-refractivity contribution in [1.82, 2.24) is 19.5 Å². The average molecular weight is 298 g/mol. The molecule has 2 rings (SSSR count). The van der Waals surface area contributed by atoms with E-state index >= 15 is 0 Å². The summed E-state index contributed by atoms with van der Waals surface area (Å²) in [5, 5.41) is 1.42. The summed E-state index contributed by atoms with van der Waals surface area (Å²) in [5.41, 5.74) is 0. The van der Waals surface area contributed by atoms with E-state index in [0.717, 1.165) is 0 Å². The van der Waals surface area contributed by atoms with Crippen LogP contribution >= 0.6 is 0 Å². The van der Waals surface area contributed by atoms with Gasteiger partial charge in [0.15, 0.2) is 5.25 Å². The SMILES string of the molecule is C[C@@H](C(F)(F)F)S(=O)(=O)N[C@@H]1CCCn2ncnc21. The molecule has 0 saturated heterocycles. The Morgan fingerprint density at radius 3 is 2.84 bits per heavy atom. The number of sulfonamides is 1. The van der Waals surface area contributed by atoms with Crippen LogP contribution in [-0.2, 0) is 16.6 Å². The van der Waals surface area contributed by atoms with Gasteiger partial charge in [0.2, 0.25) is 10.0 Å². The van der Waals surface area contributed by atoms with Gasteiger partial charge in [0, 0.05) is 6.54 Å². The fourth-order valence-corrected chi connectivity index (χ4v) is 3.05. The number of hydrogen-bond acceptors (Lipinski definition) is 4. The van der Waals surface area contributed by atoms with E-state index in [1.54, 1.807) is 0 Å². The van der Waals surface area contributed by atoms with Crippen molar-refractivity contribution in [3.05, 3.63) is 12.2 Å². The van der Waals surface area contributed by atoms with E-state index in [9.17, 15) is 21.6 Å². The van der Waals surface area contributed by atoms with Gasteiger partial charge in [0.25, 0.3) is 0 Å². The van der Waals surface area contributed by atoms with Crippen LogP contribution < -0.4 is 4.72 Å². The number of rotatable bonds is 3. The second-order valence-electron chi connectivity index (χ2n) is 4.38. The topological polar surface area (TPSA) is 76.9 Å². The summed E-state index contributed by atoms with van der Waals surface area (Å²) in [4.78, 5) is 3.89. The second-order valence-corrected chi connectivity index (χ2v) is 6.42. The summed E-state index contributed by atoms with van der Waals surface area (Å²) < 4.78 is 64.4. The number of halogens is 3. The molecule has 0 aliphatic carbocycles. The lowest BCUT2D eigenvalue weighted by Crippen LogP contribution is -2.44. The Morgan fingerprint density at radius 1 is 1.53 bits per heavy atom. The first-order valence-electron chi connectivity index (χ1n) is 5.67. The van der Waals surface area contributed by atoms with Crippen LogP contribution in [0.2, 0.25) is 0 Å². The summed E-state index contributed by atoms with van der Waals surface area (Å²) in [6.07, 6.45) is -2.50. The Balaban J connectivity index is 2.19. The fraction of sp³-hybridized carbons (Fsp3) is 0.778. The maximum Gasteiger partial charge on any atom is 0.406 e. The minimum Gasteiger partial charge on any atom is -0.248 e. The highest BCUT2D eigenvalue weighted by molar-refractivity contribution is 7.90. The van der Waals surface area contributed by atoms with Gasteiger partial charge < -0.3 is 0 Å². The molecule has 10 heteroatoms. The van der Waals surface area contributed by atoms with Crippen LogP contribution in [0.3, 0.4) is 0 Å². The molecule has 6 nitrogen and oxygen atoms in total. The van der Waals surface area contributed by atoms with E-state index in [1.165, 1.54) is 11.0 Å². The van der Waals surface area contributed by atoms with Crippen molar-refractivity contribution in [2.75, 3.05) is 0 Å². The van der Waals surface area contributed by atoms with Crippen LogP contribution in [-0.4, -0.2) is 34.6 Å². The van der Waals surface area contributed by atoms with Crippen LogP contribution in [0.1, 0.15) is 31.6 Å². The molecular weight excluding hydrogens is 285 g/mol. The number of nitrogens with one attached hydrogen (secondary N) is 1. The zero-order chi connectivity index (χ0) is 14.3. The number of aryl methyl sites for hydroxylation is 1. The number of hydrogen-bond donors (Lipinski definition) is 1. The first-order valence-corrected chi connectivity index (χ1v) is 7.22. The van der Waals surface area contributed by atoms with Gasteiger partial charge in [0.1, 0.15) is 12.2 Å². The molecule has 0 aromatic carbocycles. The molecule has 19 heavy (non-hydrogen) atoms. The molecule has 1 N–H and O–H groups in total. The van der Waals surface area contributed by atoms with Crippen molar-refractivity contribution in [1.29, 1.82) is 0 Å². The van der Waals surface area contributed by atoms with Crippen LogP contribution in [0.5, 0.6) is 0 Å². The Morgan fingerprint density at radius 2 is 2.21 bits per heavy atom. The van der Waals surface area contributed by atoms with Gasteiger partial charge in [-0.25, -0.2) is 22.8 Å². The summed E-state index contributed by atoms with van der Waals surface area (Å²) in [7, 11) is -4.49. The van der Waals surface area contributed by atoms with Crippen LogP contribution in [0.25, 0.3) is 0 Å². The third-order valence-electron chi connectivity index (χ3n) is 3.05. The molecule has 0 unspecified atom stereocenters. The van der Waals surface area contributed by atoms with Crippen molar-refractivity contribution in [2.45, 2.75) is 43.8 Å². The predicted molar refractivity (Wildman–Crippen MR) is 59.6 cm³/mol. The number of fused-ring (bicyclic) bond motifs is 1. The van der Waals surface area contributed by atoms with Crippen LogP contribution in [0, 0.1) is 0 Å². The minimum atomic E-state index is -4.80. The smallest absolute Gasteiger partial charge is 0.248 e. The molecule has 0 bridgehead atoms. The zero-order valence-electron chi connectivity index (χ0n) is 10.1. The molecule has 2 atom stereocenters. The Labute approximate surface area is 108 Å². The standard InChI is InChI=1S/C9H13F3N4O2S/c1-6(9(10,11)12)19(17,18)15-7-3-2-4-16-8(7)13-5-14-16/h5-7,15H,2-4H2,1H3/t6-,7+/m0/s1. The van der Waals surface area contributed by atoms with Crippen LogP contribution in [0.4, 0.5) is 13.2 Å². The molecule has 0 fully saturated rings. The molecule has 0 radical (unpaired) electrons. The third kappa shape index (κ3) is 2.89. The van der Waals surface area contributed by atoms with Crippen molar-refractivity contribution in [3.63, 3.8) is 0 Å². The van der Waals surface area contributed by atoms with E-state index in [0.29, 0.717) is 32.1 Å². The highest BCUT2D eigenvalue weighted by Gasteiger charge is 2.46. The van der Waals surface area contributed by atoms with Gasteiger partial charge in [-0.3, -0.25) is 0 Å². The van der Waals surface area contributed by atoms with Crippen molar-refractivity contribution in [3.8, 4) is 0 Å². The van der Waals surface area contributed by atoms with E-state index in [1.807, 2.05) is 0 Å².